The van der Waals surface area contributed by atoms with Crippen molar-refractivity contribution in [3.63, 3.8) is 0 Å². The van der Waals surface area contributed by atoms with Crippen molar-refractivity contribution in [2.45, 2.75) is 46.2 Å². The summed E-state index contributed by atoms with van der Waals surface area (Å²) in [5.74, 6) is 3.53. The van der Waals surface area contributed by atoms with Gasteiger partial charge in [-0.05, 0) is 25.1 Å². The fraction of sp³-hybridized carbons (Fsp3) is 0.600. The van der Waals surface area contributed by atoms with Gasteiger partial charge in [0, 0.05) is 19.4 Å². The van der Waals surface area contributed by atoms with Gasteiger partial charge in [0.2, 0.25) is 0 Å². The van der Waals surface area contributed by atoms with Crippen LogP contribution in [0.5, 0.6) is 0 Å². The molecule has 0 radical (unpaired) electrons. The maximum Gasteiger partial charge on any atom is 0.138 e. The van der Waals surface area contributed by atoms with E-state index in [1.165, 1.54) is 0 Å². The first-order chi connectivity index (χ1) is 9.63. The molecule has 2 heterocycles. The van der Waals surface area contributed by atoms with E-state index in [1.807, 2.05) is 23.9 Å². The number of aryl methyl sites for hydroxylation is 1. The molecule has 0 fully saturated rings. The van der Waals surface area contributed by atoms with Gasteiger partial charge in [0.15, 0.2) is 0 Å². The van der Waals surface area contributed by atoms with Crippen LogP contribution in [-0.4, -0.2) is 21.8 Å². The minimum Gasteiger partial charge on any atom is -0.464 e. The van der Waals surface area contributed by atoms with Gasteiger partial charge in [-0.25, -0.2) is 9.67 Å². The Labute approximate surface area is 120 Å². The van der Waals surface area contributed by atoms with Crippen LogP contribution in [0.15, 0.2) is 22.9 Å². The number of nitrogens with zero attached hydrogens (tertiary/aromatic N) is 3. The molecule has 2 rings (SSSR count). The largest absolute Gasteiger partial charge is 0.464 e. The highest BCUT2D eigenvalue weighted by Crippen LogP contribution is 2.20. The molecule has 20 heavy (non-hydrogen) atoms. The summed E-state index contributed by atoms with van der Waals surface area (Å²) in [7, 11) is 1.95. The summed E-state index contributed by atoms with van der Waals surface area (Å²) in [6.45, 7) is 7.35. The molecular formula is C15H24N4O. The molecule has 0 saturated carbocycles. The van der Waals surface area contributed by atoms with Crippen molar-refractivity contribution in [3.05, 3.63) is 35.8 Å². The Hall–Kier alpha value is -1.62. The van der Waals surface area contributed by atoms with Crippen LogP contribution in [-0.2, 0) is 19.4 Å². The van der Waals surface area contributed by atoms with E-state index in [1.54, 1.807) is 6.33 Å². The van der Waals surface area contributed by atoms with E-state index < -0.39 is 0 Å². The summed E-state index contributed by atoms with van der Waals surface area (Å²) in [5.41, 5.74) is 0. The fourth-order valence-electron chi connectivity index (χ4n) is 2.24. The Bertz CT molecular complexity index is 529. The summed E-state index contributed by atoms with van der Waals surface area (Å²) in [6, 6.07) is 4.22. The molecule has 0 amide bonds. The number of hydrogen-bond acceptors (Lipinski definition) is 4. The van der Waals surface area contributed by atoms with Crippen molar-refractivity contribution >= 4 is 0 Å². The van der Waals surface area contributed by atoms with Gasteiger partial charge >= 0.3 is 0 Å². The molecule has 5 heteroatoms. The Morgan fingerprint density at radius 1 is 1.35 bits per heavy atom. The molecule has 0 bridgehead atoms. The third-order valence-corrected chi connectivity index (χ3v) is 3.34. The highest BCUT2D eigenvalue weighted by atomic mass is 16.3. The zero-order valence-corrected chi connectivity index (χ0v) is 12.8. The summed E-state index contributed by atoms with van der Waals surface area (Å²) < 4.78 is 7.82. The van der Waals surface area contributed by atoms with Gasteiger partial charge in [-0.1, -0.05) is 20.8 Å². The Morgan fingerprint density at radius 3 is 2.75 bits per heavy atom. The molecule has 1 unspecified atom stereocenters. The van der Waals surface area contributed by atoms with E-state index in [0.717, 1.165) is 36.7 Å². The topological polar surface area (TPSA) is 55.9 Å². The lowest BCUT2D eigenvalue weighted by Gasteiger charge is -2.14. The number of rotatable bonds is 7. The zero-order valence-electron chi connectivity index (χ0n) is 12.8. The van der Waals surface area contributed by atoms with Crippen LogP contribution in [0.25, 0.3) is 0 Å². The number of likely N-dealkylation sites (N-methyl/N-ethyl adjacent to an activating group) is 1. The van der Waals surface area contributed by atoms with Gasteiger partial charge in [-0.3, -0.25) is 0 Å². The van der Waals surface area contributed by atoms with E-state index in [0.29, 0.717) is 5.92 Å². The van der Waals surface area contributed by atoms with Crippen molar-refractivity contribution in [2.24, 2.45) is 5.92 Å². The SMILES string of the molecule is CCc1ccc(C(Cc2ncnn2CC(C)C)NC)o1. The molecule has 0 aliphatic carbocycles. The molecule has 0 aliphatic rings. The lowest BCUT2D eigenvalue weighted by atomic mass is 10.1. The van der Waals surface area contributed by atoms with Crippen molar-refractivity contribution in [1.29, 1.82) is 0 Å². The predicted molar refractivity (Wildman–Crippen MR) is 78.5 cm³/mol. The lowest BCUT2D eigenvalue weighted by Crippen LogP contribution is -2.21. The molecule has 0 aliphatic heterocycles. The molecule has 0 saturated heterocycles. The molecular weight excluding hydrogens is 252 g/mol. The number of aromatic nitrogens is 3. The van der Waals surface area contributed by atoms with Gasteiger partial charge in [0.1, 0.15) is 23.7 Å². The van der Waals surface area contributed by atoms with Crippen molar-refractivity contribution in [1.82, 2.24) is 20.1 Å². The van der Waals surface area contributed by atoms with Gasteiger partial charge in [-0.2, -0.15) is 5.10 Å². The first-order valence-electron chi connectivity index (χ1n) is 7.26. The highest BCUT2D eigenvalue weighted by Gasteiger charge is 2.17. The summed E-state index contributed by atoms with van der Waals surface area (Å²) in [4.78, 5) is 4.38. The monoisotopic (exact) mass is 276 g/mol. The van der Waals surface area contributed by atoms with Gasteiger partial charge < -0.3 is 9.73 Å². The zero-order chi connectivity index (χ0) is 14.5. The first kappa shape index (κ1) is 14.8. The van der Waals surface area contributed by atoms with Crippen molar-refractivity contribution in [3.8, 4) is 0 Å². The van der Waals surface area contributed by atoms with Crippen molar-refractivity contribution in [2.75, 3.05) is 7.05 Å². The van der Waals surface area contributed by atoms with Crippen molar-refractivity contribution < 1.29 is 4.42 Å². The summed E-state index contributed by atoms with van der Waals surface area (Å²) in [6.07, 6.45) is 3.32. The molecule has 1 atom stereocenters. The van der Waals surface area contributed by atoms with E-state index in [9.17, 15) is 0 Å². The second kappa shape index (κ2) is 6.70. The summed E-state index contributed by atoms with van der Waals surface area (Å²) >= 11 is 0. The van der Waals surface area contributed by atoms with Crippen LogP contribution in [0.2, 0.25) is 0 Å². The van der Waals surface area contributed by atoms with Crippen LogP contribution < -0.4 is 5.32 Å². The maximum atomic E-state index is 5.84. The van der Waals surface area contributed by atoms with Crippen LogP contribution in [0.3, 0.4) is 0 Å². The van der Waals surface area contributed by atoms with Crippen LogP contribution in [0.4, 0.5) is 0 Å². The molecule has 1 N–H and O–H groups in total. The molecule has 110 valence electrons. The van der Waals surface area contributed by atoms with Crippen LogP contribution in [0.1, 0.15) is 44.2 Å². The molecule has 2 aromatic heterocycles. The minimum absolute atomic E-state index is 0.130. The molecule has 0 aromatic carbocycles. The van der Waals surface area contributed by atoms with Gasteiger partial charge in [0.05, 0.1) is 6.04 Å². The van der Waals surface area contributed by atoms with Gasteiger partial charge in [-0.15, -0.1) is 0 Å². The second-order valence-electron chi connectivity index (χ2n) is 5.46. The maximum absolute atomic E-state index is 5.84. The fourth-order valence-corrected chi connectivity index (χ4v) is 2.24. The second-order valence-corrected chi connectivity index (χ2v) is 5.46. The third kappa shape index (κ3) is 3.48. The number of nitrogens with one attached hydrogen (secondary N) is 1. The number of furan rings is 1. The third-order valence-electron chi connectivity index (χ3n) is 3.34. The number of hydrogen-bond donors (Lipinski definition) is 1. The average molecular weight is 276 g/mol. The minimum atomic E-state index is 0.130. The van der Waals surface area contributed by atoms with E-state index in [2.05, 4.69) is 36.2 Å². The molecule has 5 nitrogen and oxygen atoms in total. The van der Waals surface area contributed by atoms with Gasteiger partial charge in [0.25, 0.3) is 0 Å². The standard InChI is InChI=1S/C15H24N4O/c1-5-12-6-7-14(20-12)13(16-4)8-15-17-10-18-19(15)9-11(2)3/h6-7,10-11,13,16H,5,8-9H2,1-4H3. The first-order valence-corrected chi connectivity index (χ1v) is 7.26. The smallest absolute Gasteiger partial charge is 0.138 e. The Kier molecular flexibility index (Phi) is 4.95. The Balaban J connectivity index is 2.12. The molecule has 0 spiro atoms. The quantitative estimate of drug-likeness (QED) is 0.844. The summed E-state index contributed by atoms with van der Waals surface area (Å²) in [5, 5.41) is 7.61. The average Bonchev–Trinajstić information content (AvgIpc) is 3.04. The molecule has 2 aromatic rings. The highest BCUT2D eigenvalue weighted by molar-refractivity contribution is 5.12. The predicted octanol–water partition coefficient (Wildman–Crippen LogP) is 2.59. The lowest BCUT2D eigenvalue weighted by molar-refractivity contribution is 0.392. The van der Waals surface area contributed by atoms with E-state index >= 15 is 0 Å². The normalized spacial score (nSPS) is 13.1. The van der Waals surface area contributed by atoms with Crippen LogP contribution in [0, 0.1) is 5.92 Å². The Morgan fingerprint density at radius 2 is 2.15 bits per heavy atom. The van der Waals surface area contributed by atoms with E-state index in [4.69, 9.17) is 4.42 Å². The van der Waals surface area contributed by atoms with E-state index in [-0.39, 0.29) is 6.04 Å². The van der Waals surface area contributed by atoms with Crippen LogP contribution >= 0.6 is 0 Å².